The van der Waals surface area contributed by atoms with Crippen LogP contribution in [0.15, 0.2) is 23.6 Å². The molecule has 194 valence electrons. The van der Waals surface area contributed by atoms with Gasteiger partial charge in [-0.25, -0.2) is 14.4 Å². The number of carbonyl (C=O) groups is 3. The molecule has 0 unspecified atom stereocenters. The maximum atomic E-state index is 13.0. The van der Waals surface area contributed by atoms with E-state index in [1.54, 1.807) is 40.0 Å². The second kappa shape index (κ2) is 11.3. The predicted molar refractivity (Wildman–Crippen MR) is 125 cm³/mol. The quantitative estimate of drug-likeness (QED) is 0.263. The van der Waals surface area contributed by atoms with Gasteiger partial charge < -0.3 is 14.2 Å². The lowest BCUT2D eigenvalue weighted by atomic mass is 9.91. The molecular weight excluding hydrogens is 487 g/mol. The molecule has 0 aliphatic heterocycles. The van der Waals surface area contributed by atoms with Gasteiger partial charge in [-0.3, -0.25) is 5.32 Å². The Hall–Kier alpha value is -2.82. The van der Waals surface area contributed by atoms with Crippen LogP contribution in [0, 0.1) is 0 Å². The molecule has 0 saturated carbocycles. The third-order valence-corrected chi connectivity index (χ3v) is 5.94. The van der Waals surface area contributed by atoms with Crippen LogP contribution in [0.4, 0.5) is 18.0 Å². The van der Waals surface area contributed by atoms with Crippen LogP contribution in [-0.4, -0.2) is 42.4 Å². The Balaban J connectivity index is 2.30. The van der Waals surface area contributed by atoms with Crippen molar-refractivity contribution in [3.05, 3.63) is 34.7 Å². The smallest absolute Gasteiger partial charge is 0.416 e. The number of fused-ring (bicyclic) bond motifs is 1. The number of nitrogens with one attached hydrogen (secondary N) is 1. The lowest BCUT2D eigenvalue weighted by Crippen LogP contribution is -2.62. The highest BCUT2D eigenvalue weighted by atomic mass is 32.1. The van der Waals surface area contributed by atoms with Crippen LogP contribution in [0.2, 0.25) is 0 Å². The van der Waals surface area contributed by atoms with E-state index in [9.17, 15) is 27.6 Å². The van der Waals surface area contributed by atoms with Crippen LogP contribution in [0.25, 0.3) is 10.1 Å². The van der Waals surface area contributed by atoms with Gasteiger partial charge in [0, 0.05) is 4.70 Å². The molecule has 11 heteroatoms. The second-order valence-corrected chi connectivity index (χ2v) is 9.71. The molecule has 0 fully saturated rings. The van der Waals surface area contributed by atoms with Crippen molar-refractivity contribution in [3.63, 3.8) is 0 Å². The Morgan fingerprint density at radius 3 is 2.11 bits per heavy atom. The fourth-order valence-corrected chi connectivity index (χ4v) is 4.47. The molecule has 1 aromatic heterocycles. The normalized spacial score (nSPS) is 12.3. The molecule has 35 heavy (non-hydrogen) atoms. The summed E-state index contributed by atoms with van der Waals surface area (Å²) in [5, 5.41) is 4.76. The number of halogens is 3. The van der Waals surface area contributed by atoms with Gasteiger partial charge >= 0.3 is 24.2 Å². The van der Waals surface area contributed by atoms with Gasteiger partial charge in [0.2, 0.25) is 5.54 Å². The Labute approximate surface area is 205 Å². The minimum Gasteiger partial charge on any atom is -0.464 e. The number of benzene rings is 1. The Bertz CT molecular complexity index is 1040. The molecule has 0 saturated heterocycles. The number of thiophene rings is 1. The van der Waals surface area contributed by atoms with Gasteiger partial charge in [-0.2, -0.15) is 13.2 Å². The topological polar surface area (TPSA) is 90.9 Å². The zero-order valence-corrected chi connectivity index (χ0v) is 21.2. The summed E-state index contributed by atoms with van der Waals surface area (Å²) in [6, 6.07) is 3.52. The fraction of sp³-hybridized carbons (Fsp3) is 0.542. The van der Waals surface area contributed by atoms with Crippen molar-refractivity contribution in [1.82, 2.24) is 5.32 Å². The van der Waals surface area contributed by atoms with Crippen molar-refractivity contribution in [1.29, 1.82) is 0 Å². The first kappa shape index (κ1) is 28.4. The van der Waals surface area contributed by atoms with Gasteiger partial charge in [-0.05, 0) is 82.3 Å². The number of ether oxygens (including phenoxy) is 3. The largest absolute Gasteiger partial charge is 0.464 e. The molecule has 2 aromatic rings. The van der Waals surface area contributed by atoms with Crippen LogP contribution in [0.3, 0.4) is 0 Å². The summed E-state index contributed by atoms with van der Waals surface area (Å²) in [6.45, 7) is 7.96. The van der Waals surface area contributed by atoms with Crippen LogP contribution in [-0.2, 0) is 36.4 Å². The Morgan fingerprint density at radius 1 is 1.00 bits per heavy atom. The number of carbonyl (C=O) groups excluding carboxylic acids is 3. The van der Waals surface area contributed by atoms with Crippen LogP contribution in [0.5, 0.6) is 0 Å². The summed E-state index contributed by atoms with van der Waals surface area (Å²) in [7, 11) is 0. The minimum absolute atomic E-state index is 0.0350. The maximum Gasteiger partial charge on any atom is 0.416 e. The number of aryl methyl sites for hydroxylation is 1. The summed E-state index contributed by atoms with van der Waals surface area (Å²) in [4.78, 5) is 38.4. The van der Waals surface area contributed by atoms with Crippen molar-refractivity contribution >= 4 is 39.5 Å². The van der Waals surface area contributed by atoms with Gasteiger partial charge in [0.15, 0.2) is 0 Å². The van der Waals surface area contributed by atoms with Crippen LogP contribution < -0.4 is 5.32 Å². The molecule has 7 nitrogen and oxygen atoms in total. The van der Waals surface area contributed by atoms with Crippen molar-refractivity contribution < 1.29 is 41.8 Å². The molecule has 0 atom stereocenters. The van der Waals surface area contributed by atoms with Crippen LogP contribution in [0.1, 0.15) is 58.6 Å². The molecule has 0 aliphatic carbocycles. The molecule has 1 heterocycles. The summed E-state index contributed by atoms with van der Waals surface area (Å²) in [5.41, 5.74) is -2.99. The number of amides is 1. The summed E-state index contributed by atoms with van der Waals surface area (Å²) < 4.78 is 54.9. The third-order valence-electron chi connectivity index (χ3n) is 4.94. The summed E-state index contributed by atoms with van der Waals surface area (Å²) in [6.07, 6.45) is -5.03. The standard InChI is InChI=1S/C24H30F3NO6S/c1-6-32-19(29)23(20(30)33-7-2,28-21(31)34-22(3,4)5)12-8-9-15-14-35-18-13-16(24(25,26)27)10-11-17(15)18/h10-11,13-14H,6-9,12H2,1-5H3,(H,28,31). The van der Waals surface area contributed by atoms with Gasteiger partial charge in [-0.15, -0.1) is 11.3 Å². The van der Waals surface area contributed by atoms with E-state index in [1.807, 2.05) is 0 Å². The van der Waals surface area contributed by atoms with Crippen molar-refractivity contribution in [3.8, 4) is 0 Å². The van der Waals surface area contributed by atoms with E-state index in [1.165, 1.54) is 17.4 Å². The number of alkyl halides is 3. The highest BCUT2D eigenvalue weighted by Gasteiger charge is 2.50. The van der Waals surface area contributed by atoms with Gasteiger partial charge in [0.25, 0.3) is 0 Å². The second-order valence-electron chi connectivity index (χ2n) is 8.80. The Morgan fingerprint density at radius 2 is 1.60 bits per heavy atom. The summed E-state index contributed by atoms with van der Waals surface area (Å²) >= 11 is 1.18. The molecule has 0 bridgehead atoms. The molecule has 1 N–H and O–H groups in total. The van der Waals surface area contributed by atoms with Crippen molar-refractivity contribution in [2.75, 3.05) is 13.2 Å². The average Bonchev–Trinajstić information content (AvgIpc) is 3.13. The van der Waals surface area contributed by atoms with E-state index >= 15 is 0 Å². The number of esters is 2. The number of hydrogen-bond donors (Lipinski definition) is 1. The predicted octanol–water partition coefficient (Wildman–Crippen LogP) is 5.63. The zero-order valence-electron chi connectivity index (χ0n) is 20.3. The highest BCUT2D eigenvalue weighted by molar-refractivity contribution is 7.17. The monoisotopic (exact) mass is 517 g/mol. The van der Waals surface area contributed by atoms with E-state index in [0.717, 1.165) is 17.7 Å². The number of alkyl carbamates (subject to hydrolysis) is 1. The fourth-order valence-electron chi connectivity index (χ4n) is 3.44. The summed E-state index contributed by atoms with van der Waals surface area (Å²) in [5.74, 6) is -1.95. The van der Waals surface area contributed by atoms with E-state index in [2.05, 4.69) is 5.32 Å². The number of rotatable bonds is 9. The molecular formula is C24H30F3NO6S. The first-order valence-electron chi connectivity index (χ1n) is 11.2. The van der Waals surface area contributed by atoms with Gasteiger partial charge in [0.05, 0.1) is 18.8 Å². The molecule has 1 amide bonds. The molecule has 0 aliphatic rings. The highest BCUT2D eigenvalue weighted by Crippen LogP contribution is 2.35. The molecule has 0 radical (unpaired) electrons. The Kier molecular flexibility index (Phi) is 9.16. The lowest BCUT2D eigenvalue weighted by Gasteiger charge is -2.31. The van der Waals surface area contributed by atoms with E-state index in [0.29, 0.717) is 16.5 Å². The van der Waals surface area contributed by atoms with Gasteiger partial charge in [-0.1, -0.05) is 6.07 Å². The molecule has 2 rings (SSSR count). The van der Waals surface area contributed by atoms with Crippen molar-refractivity contribution in [2.24, 2.45) is 0 Å². The molecule has 0 spiro atoms. The number of hydrogen-bond acceptors (Lipinski definition) is 7. The van der Waals surface area contributed by atoms with Gasteiger partial charge in [0.1, 0.15) is 5.60 Å². The molecule has 1 aromatic carbocycles. The minimum atomic E-state index is -4.44. The third kappa shape index (κ3) is 7.33. The van der Waals surface area contributed by atoms with Crippen LogP contribution >= 0.6 is 11.3 Å². The maximum absolute atomic E-state index is 13.0. The van der Waals surface area contributed by atoms with E-state index in [-0.39, 0.29) is 26.1 Å². The first-order valence-corrected chi connectivity index (χ1v) is 12.0. The SMILES string of the molecule is CCOC(=O)C(CCCc1csc2cc(C(F)(F)F)ccc12)(NC(=O)OC(C)(C)C)C(=O)OCC. The van der Waals surface area contributed by atoms with Crippen molar-refractivity contribution in [2.45, 2.75) is 71.2 Å². The zero-order chi connectivity index (χ0) is 26.4. The lowest BCUT2D eigenvalue weighted by molar-refractivity contribution is -0.166. The van der Waals surface area contributed by atoms with E-state index < -0.39 is 40.9 Å². The van der Waals surface area contributed by atoms with E-state index in [4.69, 9.17) is 14.2 Å². The first-order chi connectivity index (χ1) is 16.2. The average molecular weight is 518 g/mol.